The van der Waals surface area contributed by atoms with E-state index < -0.39 is 0 Å². The zero-order valence-corrected chi connectivity index (χ0v) is 11.5. The second-order valence-corrected chi connectivity index (χ2v) is 5.30. The molecule has 0 amide bonds. The third-order valence-electron chi connectivity index (χ3n) is 3.23. The summed E-state index contributed by atoms with van der Waals surface area (Å²) in [5.74, 6) is 7.95. The van der Waals surface area contributed by atoms with Gasteiger partial charge in [-0.1, -0.05) is 20.8 Å². The van der Waals surface area contributed by atoms with E-state index in [9.17, 15) is 0 Å². The van der Waals surface area contributed by atoms with E-state index in [-0.39, 0.29) is 0 Å². The lowest BCUT2D eigenvalue weighted by Gasteiger charge is -2.27. The van der Waals surface area contributed by atoms with Gasteiger partial charge < -0.3 is 10.3 Å². The average molecular weight is 249 g/mol. The molecule has 0 aromatic carbocycles. The summed E-state index contributed by atoms with van der Waals surface area (Å²) in [6, 6.07) is 0.651. The summed E-state index contributed by atoms with van der Waals surface area (Å²) in [7, 11) is 0. The van der Waals surface area contributed by atoms with E-state index in [1.165, 1.54) is 12.8 Å². The lowest BCUT2D eigenvalue weighted by atomic mass is 10.1. The molecule has 1 aromatic heterocycles. The van der Waals surface area contributed by atoms with Crippen LogP contribution in [-0.4, -0.2) is 22.6 Å². The fourth-order valence-corrected chi connectivity index (χ4v) is 2.29. The standard InChI is InChI=1S/C13H23N5/c1-4-11-12(17-14)15-8-16-13(11)18(7-9(2)3)10-5-6-10/h8-10H,4-7,14H2,1-3H3,(H,15,16,17). The number of hydrogen-bond acceptors (Lipinski definition) is 5. The van der Waals surface area contributed by atoms with E-state index in [1.807, 2.05) is 0 Å². The van der Waals surface area contributed by atoms with Gasteiger partial charge in [0.15, 0.2) is 0 Å². The van der Waals surface area contributed by atoms with Crippen LogP contribution in [0.1, 0.15) is 39.2 Å². The van der Waals surface area contributed by atoms with Gasteiger partial charge in [0, 0.05) is 18.2 Å². The van der Waals surface area contributed by atoms with Crippen LogP contribution >= 0.6 is 0 Å². The first-order chi connectivity index (χ1) is 8.67. The number of rotatable bonds is 6. The van der Waals surface area contributed by atoms with Crippen LogP contribution < -0.4 is 16.2 Å². The molecule has 1 aromatic rings. The van der Waals surface area contributed by atoms with Crippen molar-refractivity contribution in [1.82, 2.24) is 9.97 Å². The Kier molecular flexibility index (Phi) is 4.01. The first kappa shape index (κ1) is 13.1. The van der Waals surface area contributed by atoms with Gasteiger partial charge in [-0.25, -0.2) is 15.8 Å². The maximum atomic E-state index is 5.53. The van der Waals surface area contributed by atoms with Crippen LogP contribution in [0.5, 0.6) is 0 Å². The number of hydrogen-bond donors (Lipinski definition) is 2. The molecular weight excluding hydrogens is 226 g/mol. The first-order valence-electron chi connectivity index (χ1n) is 6.74. The lowest BCUT2D eigenvalue weighted by Crippen LogP contribution is -2.32. The Morgan fingerprint density at radius 1 is 1.44 bits per heavy atom. The predicted octanol–water partition coefficient (Wildman–Crippen LogP) is 1.95. The van der Waals surface area contributed by atoms with Crippen molar-refractivity contribution < 1.29 is 0 Å². The highest BCUT2D eigenvalue weighted by molar-refractivity contribution is 5.59. The number of nitrogens with zero attached hydrogens (tertiary/aromatic N) is 3. The van der Waals surface area contributed by atoms with Crippen molar-refractivity contribution in [2.24, 2.45) is 11.8 Å². The van der Waals surface area contributed by atoms with Crippen LogP contribution in [-0.2, 0) is 6.42 Å². The monoisotopic (exact) mass is 249 g/mol. The molecule has 0 saturated heterocycles. The van der Waals surface area contributed by atoms with Gasteiger partial charge >= 0.3 is 0 Å². The van der Waals surface area contributed by atoms with Crippen molar-refractivity contribution in [2.45, 2.75) is 46.1 Å². The van der Waals surface area contributed by atoms with Crippen molar-refractivity contribution in [2.75, 3.05) is 16.9 Å². The third kappa shape index (κ3) is 2.72. The lowest BCUT2D eigenvalue weighted by molar-refractivity contribution is 0.600. The minimum Gasteiger partial charge on any atom is -0.353 e. The van der Waals surface area contributed by atoms with Crippen LogP contribution in [0.25, 0.3) is 0 Å². The topological polar surface area (TPSA) is 67.1 Å². The zero-order valence-electron chi connectivity index (χ0n) is 11.5. The van der Waals surface area contributed by atoms with Crippen molar-refractivity contribution in [3.8, 4) is 0 Å². The fraction of sp³-hybridized carbons (Fsp3) is 0.692. The van der Waals surface area contributed by atoms with Crippen molar-refractivity contribution >= 4 is 11.6 Å². The molecule has 5 nitrogen and oxygen atoms in total. The van der Waals surface area contributed by atoms with Gasteiger partial charge in [-0.05, 0) is 25.2 Å². The average Bonchev–Trinajstić information content (AvgIpc) is 3.18. The van der Waals surface area contributed by atoms with Gasteiger partial charge in [-0.3, -0.25) is 0 Å². The molecule has 100 valence electrons. The minimum absolute atomic E-state index is 0.625. The van der Waals surface area contributed by atoms with Gasteiger partial charge in [0.25, 0.3) is 0 Å². The van der Waals surface area contributed by atoms with Crippen LogP contribution in [0.3, 0.4) is 0 Å². The molecule has 1 fully saturated rings. The van der Waals surface area contributed by atoms with Gasteiger partial charge in [0.2, 0.25) is 0 Å². The Morgan fingerprint density at radius 3 is 2.67 bits per heavy atom. The molecular formula is C13H23N5. The summed E-state index contributed by atoms with van der Waals surface area (Å²) in [6.07, 6.45) is 5.02. The smallest absolute Gasteiger partial charge is 0.148 e. The largest absolute Gasteiger partial charge is 0.353 e. The Balaban J connectivity index is 2.34. The Morgan fingerprint density at radius 2 is 2.17 bits per heavy atom. The Hall–Kier alpha value is -1.36. The molecule has 0 radical (unpaired) electrons. The normalized spacial score (nSPS) is 14.9. The number of anilines is 2. The molecule has 1 aliphatic rings. The molecule has 3 N–H and O–H groups in total. The molecule has 0 spiro atoms. The second-order valence-electron chi connectivity index (χ2n) is 5.30. The predicted molar refractivity (Wildman–Crippen MR) is 74.4 cm³/mol. The molecule has 2 rings (SSSR count). The molecule has 0 unspecified atom stereocenters. The van der Waals surface area contributed by atoms with Crippen LogP contribution in [0, 0.1) is 5.92 Å². The number of nitrogen functional groups attached to an aromatic ring is 1. The Labute approximate surface area is 109 Å². The van der Waals surface area contributed by atoms with Gasteiger partial charge in [-0.15, -0.1) is 0 Å². The first-order valence-corrected chi connectivity index (χ1v) is 6.74. The van der Waals surface area contributed by atoms with E-state index in [0.717, 1.165) is 30.2 Å². The van der Waals surface area contributed by atoms with E-state index in [4.69, 9.17) is 5.84 Å². The quantitative estimate of drug-likeness (QED) is 0.596. The highest BCUT2D eigenvalue weighted by Crippen LogP contribution is 2.34. The van der Waals surface area contributed by atoms with Crippen LogP contribution in [0.2, 0.25) is 0 Å². The highest BCUT2D eigenvalue weighted by atomic mass is 15.3. The number of hydrazine groups is 1. The molecule has 0 bridgehead atoms. The molecule has 0 atom stereocenters. The van der Waals surface area contributed by atoms with E-state index in [0.29, 0.717) is 12.0 Å². The van der Waals surface area contributed by atoms with Gasteiger partial charge in [0.05, 0.1) is 0 Å². The van der Waals surface area contributed by atoms with Crippen LogP contribution in [0.15, 0.2) is 6.33 Å². The van der Waals surface area contributed by atoms with E-state index >= 15 is 0 Å². The molecule has 1 aliphatic carbocycles. The fourth-order valence-electron chi connectivity index (χ4n) is 2.29. The summed E-state index contributed by atoms with van der Waals surface area (Å²) in [4.78, 5) is 11.1. The molecule has 1 heterocycles. The summed E-state index contributed by atoms with van der Waals surface area (Å²) in [5.41, 5.74) is 3.79. The van der Waals surface area contributed by atoms with Crippen molar-refractivity contribution in [3.63, 3.8) is 0 Å². The zero-order chi connectivity index (χ0) is 13.1. The molecule has 5 heteroatoms. The Bertz CT molecular complexity index is 400. The minimum atomic E-state index is 0.625. The van der Waals surface area contributed by atoms with Gasteiger partial charge in [-0.2, -0.15) is 0 Å². The molecule has 18 heavy (non-hydrogen) atoms. The number of nitrogens with one attached hydrogen (secondary N) is 1. The summed E-state index contributed by atoms with van der Waals surface area (Å²) in [6.45, 7) is 7.64. The SMILES string of the molecule is CCc1c(NN)ncnc1N(CC(C)C)C1CC1. The van der Waals surface area contributed by atoms with Crippen molar-refractivity contribution in [1.29, 1.82) is 0 Å². The maximum Gasteiger partial charge on any atom is 0.148 e. The molecule has 1 saturated carbocycles. The third-order valence-corrected chi connectivity index (χ3v) is 3.23. The van der Waals surface area contributed by atoms with E-state index in [1.54, 1.807) is 6.33 Å². The number of nitrogens with two attached hydrogens (primary N) is 1. The van der Waals surface area contributed by atoms with Crippen LogP contribution in [0.4, 0.5) is 11.6 Å². The molecule has 0 aliphatic heterocycles. The maximum absolute atomic E-state index is 5.53. The number of aromatic nitrogens is 2. The van der Waals surface area contributed by atoms with Crippen molar-refractivity contribution in [3.05, 3.63) is 11.9 Å². The van der Waals surface area contributed by atoms with E-state index in [2.05, 4.69) is 41.1 Å². The second kappa shape index (κ2) is 5.52. The van der Waals surface area contributed by atoms with Gasteiger partial charge in [0.1, 0.15) is 18.0 Å². The summed E-state index contributed by atoms with van der Waals surface area (Å²) >= 11 is 0. The highest BCUT2D eigenvalue weighted by Gasteiger charge is 2.32. The summed E-state index contributed by atoms with van der Waals surface area (Å²) < 4.78 is 0. The summed E-state index contributed by atoms with van der Waals surface area (Å²) in [5, 5.41) is 0.